The standard InChI is InChI=1S/C22H21FN4O5/c1-22(2,3)32-21(29)25-16-10-11-26(13-16)17-8-9-18(19(12-17)27(30)31)20(28)24-15-6-4-14(23)5-7-15/h4-13H,1-3H3,(H,24,28)(H,25,29). The number of hydrogen-bond acceptors (Lipinski definition) is 5. The summed E-state index contributed by atoms with van der Waals surface area (Å²) in [6, 6.07) is 10.8. The maximum Gasteiger partial charge on any atom is 0.412 e. The van der Waals surface area contributed by atoms with Gasteiger partial charge in [-0.2, -0.15) is 0 Å². The third kappa shape index (κ3) is 5.69. The van der Waals surface area contributed by atoms with Crippen molar-refractivity contribution in [3.8, 4) is 5.69 Å². The van der Waals surface area contributed by atoms with Gasteiger partial charge in [-0.1, -0.05) is 0 Å². The molecule has 0 fully saturated rings. The van der Waals surface area contributed by atoms with E-state index < -0.39 is 34.0 Å². The zero-order valence-corrected chi connectivity index (χ0v) is 17.6. The minimum atomic E-state index is -0.699. The Morgan fingerprint density at radius 3 is 2.34 bits per heavy atom. The van der Waals surface area contributed by atoms with Crippen LogP contribution in [0.1, 0.15) is 31.1 Å². The van der Waals surface area contributed by atoms with E-state index in [2.05, 4.69) is 10.6 Å². The summed E-state index contributed by atoms with van der Waals surface area (Å²) >= 11 is 0. The molecule has 32 heavy (non-hydrogen) atoms. The van der Waals surface area contributed by atoms with E-state index in [4.69, 9.17) is 4.74 Å². The molecule has 0 aliphatic rings. The largest absolute Gasteiger partial charge is 0.444 e. The van der Waals surface area contributed by atoms with Crippen LogP contribution in [0, 0.1) is 15.9 Å². The molecular formula is C22H21FN4O5. The van der Waals surface area contributed by atoms with Gasteiger partial charge in [-0.15, -0.1) is 0 Å². The number of carbonyl (C=O) groups excluding carboxylic acids is 2. The van der Waals surface area contributed by atoms with Gasteiger partial charge in [0.05, 0.1) is 16.3 Å². The molecule has 0 radical (unpaired) electrons. The van der Waals surface area contributed by atoms with Gasteiger partial charge in [-0.25, -0.2) is 9.18 Å². The van der Waals surface area contributed by atoms with Crippen molar-refractivity contribution >= 4 is 29.1 Å². The minimum Gasteiger partial charge on any atom is -0.444 e. The maximum absolute atomic E-state index is 13.0. The predicted octanol–water partition coefficient (Wildman–Crippen LogP) is 5.12. The van der Waals surface area contributed by atoms with Gasteiger partial charge in [0.15, 0.2) is 0 Å². The van der Waals surface area contributed by atoms with Gasteiger partial charge in [0.2, 0.25) is 0 Å². The number of nitro benzene ring substituents is 1. The maximum atomic E-state index is 13.0. The molecule has 0 unspecified atom stereocenters. The van der Waals surface area contributed by atoms with Crippen molar-refractivity contribution in [1.82, 2.24) is 4.57 Å². The van der Waals surface area contributed by atoms with E-state index in [-0.39, 0.29) is 5.56 Å². The van der Waals surface area contributed by atoms with E-state index >= 15 is 0 Å². The van der Waals surface area contributed by atoms with E-state index in [9.17, 15) is 24.1 Å². The number of carbonyl (C=O) groups is 2. The molecule has 2 aromatic carbocycles. The molecular weight excluding hydrogens is 419 g/mol. The molecule has 0 bridgehead atoms. The van der Waals surface area contributed by atoms with Crippen LogP contribution in [-0.2, 0) is 4.74 Å². The molecule has 0 aliphatic heterocycles. The van der Waals surface area contributed by atoms with E-state index in [1.807, 2.05) is 0 Å². The summed E-state index contributed by atoms with van der Waals surface area (Å²) in [5, 5.41) is 16.7. The molecule has 2 N–H and O–H groups in total. The van der Waals surface area contributed by atoms with Gasteiger partial charge in [-0.05, 0) is 63.2 Å². The highest BCUT2D eigenvalue weighted by Crippen LogP contribution is 2.25. The van der Waals surface area contributed by atoms with Gasteiger partial charge in [0.1, 0.15) is 17.0 Å². The number of nitrogens with zero attached hydrogens (tertiary/aromatic N) is 2. The third-order valence-electron chi connectivity index (χ3n) is 4.16. The first-order valence-corrected chi connectivity index (χ1v) is 9.55. The van der Waals surface area contributed by atoms with Crippen LogP contribution in [-0.4, -0.2) is 27.1 Å². The van der Waals surface area contributed by atoms with Crippen molar-refractivity contribution in [3.05, 3.63) is 82.4 Å². The first-order chi connectivity index (χ1) is 15.0. The predicted molar refractivity (Wildman–Crippen MR) is 117 cm³/mol. The molecule has 10 heteroatoms. The Morgan fingerprint density at radius 1 is 1.03 bits per heavy atom. The van der Waals surface area contributed by atoms with E-state index in [1.54, 1.807) is 43.8 Å². The highest BCUT2D eigenvalue weighted by atomic mass is 19.1. The summed E-state index contributed by atoms with van der Waals surface area (Å²) in [5.41, 5.74) is -0.0671. The van der Waals surface area contributed by atoms with Crippen molar-refractivity contribution in [2.45, 2.75) is 26.4 Å². The summed E-state index contributed by atoms with van der Waals surface area (Å²) < 4.78 is 19.8. The average molecular weight is 440 g/mol. The molecule has 0 saturated carbocycles. The van der Waals surface area contributed by atoms with Crippen LogP contribution in [0.15, 0.2) is 60.9 Å². The molecule has 166 valence electrons. The van der Waals surface area contributed by atoms with Gasteiger partial charge < -0.3 is 14.6 Å². The third-order valence-corrected chi connectivity index (χ3v) is 4.16. The molecule has 9 nitrogen and oxygen atoms in total. The Kier molecular flexibility index (Phi) is 6.24. The minimum absolute atomic E-state index is 0.151. The molecule has 0 spiro atoms. The lowest BCUT2D eigenvalue weighted by molar-refractivity contribution is -0.385. The second-order valence-corrected chi connectivity index (χ2v) is 7.85. The Morgan fingerprint density at radius 2 is 1.72 bits per heavy atom. The fourth-order valence-corrected chi connectivity index (χ4v) is 2.81. The van der Waals surface area contributed by atoms with E-state index in [0.29, 0.717) is 17.1 Å². The number of nitro groups is 1. The lowest BCUT2D eigenvalue weighted by Gasteiger charge is -2.19. The zero-order valence-electron chi connectivity index (χ0n) is 17.6. The summed E-state index contributed by atoms with van der Waals surface area (Å²) in [6.07, 6.45) is 2.53. The summed E-state index contributed by atoms with van der Waals surface area (Å²) in [5.74, 6) is -1.17. The van der Waals surface area contributed by atoms with Crippen LogP contribution < -0.4 is 10.6 Å². The van der Waals surface area contributed by atoms with Crippen LogP contribution in [0.5, 0.6) is 0 Å². The Hall–Kier alpha value is -4.21. The number of nitrogens with one attached hydrogen (secondary N) is 2. The topological polar surface area (TPSA) is 116 Å². The SMILES string of the molecule is CC(C)(C)OC(=O)Nc1ccn(-c2ccc(C(=O)Nc3ccc(F)cc3)c([N+](=O)[O-])c2)c1. The highest BCUT2D eigenvalue weighted by molar-refractivity contribution is 6.07. The van der Waals surface area contributed by atoms with Crippen molar-refractivity contribution in [2.75, 3.05) is 10.6 Å². The van der Waals surface area contributed by atoms with Gasteiger partial charge >= 0.3 is 6.09 Å². The fourth-order valence-electron chi connectivity index (χ4n) is 2.81. The average Bonchev–Trinajstić information content (AvgIpc) is 3.16. The van der Waals surface area contributed by atoms with Crippen molar-refractivity contribution in [1.29, 1.82) is 0 Å². The molecule has 1 aromatic heterocycles. The Bertz CT molecular complexity index is 1170. The van der Waals surface area contributed by atoms with Crippen molar-refractivity contribution < 1.29 is 23.6 Å². The molecule has 1 heterocycles. The number of hydrogen-bond donors (Lipinski definition) is 2. The smallest absolute Gasteiger partial charge is 0.412 e. The van der Waals surface area contributed by atoms with Gasteiger partial charge in [0.25, 0.3) is 11.6 Å². The lowest BCUT2D eigenvalue weighted by Crippen LogP contribution is -2.27. The molecule has 2 amide bonds. The van der Waals surface area contributed by atoms with Crippen LogP contribution in [0.3, 0.4) is 0 Å². The summed E-state index contributed by atoms with van der Waals surface area (Å²) in [7, 11) is 0. The molecule has 3 rings (SSSR count). The monoisotopic (exact) mass is 440 g/mol. The number of halogens is 1. The van der Waals surface area contributed by atoms with Crippen molar-refractivity contribution in [3.63, 3.8) is 0 Å². The second kappa shape index (κ2) is 8.88. The number of aromatic nitrogens is 1. The van der Waals surface area contributed by atoms with E-state index in [1.165, 1.54) is 42.5 Å². The van der Waals surface area contributed by atoms with Crippen LogP contribution in [0.4, 0.5) is 26.2 Å². The first-order valence-electron chi connectivity index (χ1n) is 9.55. The van der Waals surface area contributed by atoms with Gasteiger partial charge in [-0.3, -0.25) is 20.2 Å². The highest BCUT2D eigenvalue weighted by Gasteiger charge is 2.22. The van der Waals surface area contributed by atoms with Crippen molar-refractivity contribution in [2.24, 2.45) is 0 Å². The molecule has 0 atom stereocenters. The van der Waals surface area contributed by atoms with Gasteiger partial charge in [0, 0.05) is 24.1 Å². The summed E-state index contributed by atoms with van der Waals surface area (Å²) in [6.45, 7) is 5.22. The first kappa shape index (κ1) is 22.5. The number of benzene rings is 2. The molecule has 0 saturated heterocycles. The number of rotatable bonds is 5. The normalized spacial score (nSPS) is 11.0. The number of anilines is 2. The Labute approximate surface area is 183 Å². The second-order valence-electron chi connectivity index (χ2n) is 7.85. The fraction of sp³-hybridized carbons (Fsp3) is 0.182. The molecule has 3 aromatic rings. The zero-order chi connectivity index (χ0) is 23.5. The van der Waals surface area contributed by atoms with Crippen LogP contribution >= 0.6 is 0 Å². The molecule has 0 aliphatic carbocycles. The Balaban J connectivity index is 1.81. The lowest BCUT2D eigenvalue weighted by atomic mass is 10.1. The van der Waals surface area contributed by atoms with Crippen LogP contribution in [0.25, 0.3) is 5.69 Å². The number of ether oxygens (including phenoxy) is 1. The number of amides is 2. The van der Waals surface area contributed by atoms with Crippen LogP contribution in [0.2, 0.25) is 0 Å². The quantitative estimate of drug-likeness (QED) is 0.422. The van der Waals surface area contributed by atoms with E-state index in [0.717, 1.165) is 0 Å². The summed E-state index contributed by atoms with van der Waals surface area (Å²) in [4.78, 5) is 35.4.